The molecule has 2 aromatic rings. The van der Waals surface area contributed by atoms with Gasteiger partial charge in [-0.05, 0) is 38.6 Å². The van der Waals surface area contributed by atoms with Crippen LogP contribution in [0, 0.1) is 5.82 Å². The lowest BCUT2D eigenvalue weighted by Gasteiger charge is -2.30. The van der Waals surface area contributed by atoms with E-state index in [-0.39, 0.29) is 16.3 Å². The molecule has 4 rings (SSSR count). The first-order valence-corrected chi connectivity index (χ1v) is 9.13. The summed E-state index contributed by atoms with van der Waals surface area (Å²) in [5.74, 6) is -0.0936. The van der Waals surface area contributed by atoms with Crippen molar-refractivity contribution in [1.82, 2.24) is 20.4 Å². The topological polar surface area (TPSA) is 73.3 Å². The van der Waals surface area contributed by atoms with E-state index in [0.717, 1.165) is 42.9 Å². The molecule has 3 N–H and O–H groups in total. The number of nitrogens with zero attached hydrogens (tertiary/aromatic N) is 3. The molecule has 8 heteroatoms. The third kappa shape index (κ3) is 3.22. The predicted octanol–water partition coefficient (Wildman–Crippen LogP) is 2.75. The molecule has 0 unspecified atom stereocenters. The second kappa shape index (κ2) is 6.98. The molecule has 0 aliphatic carbocycles. The Hall–Kier alpha value is -1.96. The largest absolute Gasteiger partial charge is 0.507 e. The van der Waals surface area contributed by atoms with Gasteiger partial charge in [-0.2, -0.15) is 0 Å². The molecule has 3 heterocycles. The van der Waals surface area contributed by atoms with Crippen LogP contribution in [0.2, 0.25) is 5.02 Å². The lowest BCUT2D eigenvalue weighted by Crippen LogP contribution is -2.40. The van der Waals surface area contributed by atoms with Crippen molar-refractivity contribution in [3.05, 3.63) is 34.1 Å². The first-order valence-electron chi connectivity index (χ1n) is 8.75. The summed E-state index contributed by atoms with van der Waals surface area (Å²) in [4.78, 5) is 2.29. The Labute approximate surface area is 156 Å². The maximum Gasteiger partial charge on any atom is 0.153 e. The van der Waals surface area contributed by atoms with Crippen molar-refractivity contribution in [3.63, 3.8) is 0 Å². The number of nitrogens with one attached hydrogen (secondary N) is 2. The number of rotatable bonds is 3. The van der Waals surface area contributed by atoms with E-state index in [4.69, 9.17) is 11.6 Å². The van der Waals surface area contributed by atoms with Gasteiger partial charge in [0.15, 0.2) is 5.82 Å². The van der Waals surface area contributed by atoms with E-state index in [2.05, 4.69) is 32.8 Å². The van der Waals surface area contributed by atoms with Crippen LogP contribution in [0.3, 0.4) is 0 Å². The summed E-state index contributed by atoms with van der Waals surface area (Å²) in [5, 5.41) is 25.7. The van der Waals surface area contributed by atoms with Crippen LogP contribution in [0.1, 0.15) is 24.0 Å². The molecule has 138 valence electrons. The maximum absolute atomic E-state index is 14.4. The second-order valence-electron chi connectivity index (χ2n) is 6.99. The molecule has 0 radical (unpaired) electrons. The van der Waals surface area contributed by atoms with E-state index >= 15 is 0 Å². The van der Waals surface area contributed by atoms with Gasteiger partial charge in [0.05, 0.1) is 5.56 Å². The van der Waals surface area contributed by atoms with Gasteiger partial charge < -0.3 is 20.6 Å². The maximum atomic E-state index is 14.4. The highest BCUT2D eigenvalue weighted by Crippen LogP contribution is 2.38. The Bertz CT molecular complexity index is 824. The van der Waals surface area contributed by atoms with Gasteiger partial charge >= 0.3 is 0 Å². The molecule has 1 fully saturated rings. The van der Waals surface area contributed by atoms with E-state index in [1.54, 1.807) is 0 Å². The van der Waals surface area contributed by atoms with Gasteiger partial charge in [-0.1, -0.05) is 11.6 Å². The fourth-order valence-electron chi connectivity index (χ4n) is 3.79. The van der Waals surface area contributed by atoms with Crippen molar-refractivity contribution >= 4 is 17.4 Å². The van der Waals surface area contributed by atoms with E-state index in [0.29, 0.717) is 24.8 Å². The van der Waals surface area contributed by atoms with Gasteiger partial charge in [0.25, 0.3) is 0 Å². The summed E-state index contributed by atoms with van der Waals surface area (Å²) in [6.07, 6.45) is 2.23. The number of likely N-dealkylation sites (N-methyl/N-ethyl adjacent to an activating group) is 1. The predicted molar refractivity (Wildman–Crippen MR) is 98.8 cm³/mol. The molecule has 1 aromatic carbocycles. The summed E-state index contributed by atoms with van der Waals surface area (Å²) in [6.45, 7) is 3.26. The minimum Gasteiger partial charge on any atom is -0.507 e. The van der Waals surface area contributed by atoms with Gasteiger partial charge in [-0.25, -0.2) is 4.39 Å². The van der Waals surface area contributed by atoms with Crippen LogP contribution in [0.15, 0.2) is 12.1 Å². The first kappa shape index (κ1) is 17.5. The Kier molecular flexibility index (Phi) is 4.69. The lowest BCUT2D eigenvalue weighted by atomic mass is 10.0. The fourth-order valence-corrected chi connectivity index (χ4v) is 3.99. The van der Waals surface area contributed by atoms with E-state index < -0.39 is 5.82 Å². The van der Waals surface area contributed by atoms with Crippen molar-refractivity contribution in [1.29, 1.82) is 0 Å². The monoisotopic (exact) mass is 377 g/mol. The molecule has 1 aromatic heterocycles. The number of phenolic OH excluding ortho intramolecular Hbond substituents is 1. The summed E-state index contributed by atoms with van der Waals surface area (Å²) >= 11 is 5.81. The highest BCUT2D eigenvalue weighted by molar-refractivity contribution is 6.30. The van der Waals surface area contributed by atoms with E-state index in [9.17, 15) is 9.50 Å². The fraction of sp³-hybridized carbons (Fsp3) is 0.444. The van der Waals surface area contributed by atoms with Crippen molar-refractivity contribution in [2.45, 2.75) is 32.0 Å². The molecule has 1 saturated heterocycles. The highest BCUT2D eigenvalue weighted by atomic mass is 35.5. The molecule has 0 bridgehead atoms. The number of halogens is 2. The number of phenols is 1. The molecular weight excluding hydrogens is 357 g/mol. The number of hydrogen-bond acceptors (Lipinski definition) is 6. The van der Waals surface area contributed by atoms with Crippen molar-refractivity contribution in [2.24, 2.45) is 0 Å². The second-order valence-corrected chi connectivity index (χ2v) is 7.42. The van der Waals surface area contributed by atoms with Crippen molar-refractivity contribution < 1.29 is 9.50 Å². The standard InChI is InChI=1S/C18H21ClFN5O/c1-25-4-2-3-11(9-25)22-18-13-8-21-7-12(13)17(23-24-18)16-14(20)5-10(19)6-15(16)26/h5-6,11,21,26H,2-4,7-9H2,1H3,(H,22,24)/t11-/m1/s1. The Morgan fingerprint density at radius 1 is 1.31 bits per heavy atom. The minimum absolute atomic E-state index is 0.0470. The molecule has 6 nitrogen and oxygen atoms in total. The normalized spacial score (nSPS) is 20.2. The summed E-state index contributed by atoms with van der Waals surface area (Å²) in [5.41, 5.74) is 2.26. The van der Waals surface area contributed by atoms with Crippen molar-refractivity contribution in [3.8, 4) is 17.0 Å². The molecule has 0 amide bonds. The minimum atomic E-state index is -0.604. The smallest absolute Gasteiger partial charge is 0.153 e. The highest BCUT2D eigenvalue weighted by Gasteiger charge is 2.27. The Morgan fingerprint density at radius 3 is 2.88 bits per heavy atom. The molecule has 1 atom stereocenters. The summed E-state index contributed by atoms with van der Waals surface area (Å²) < 4.78 is 14.4. The summed E-state index contributed by atoms with van der Waals surface area (Å²) in [6, 6.07) is 2.82. The number of anilines is 1. The van der Waals surface area contributed by atoms with Crippen LogP contribution in [-0.4, -0.2) is 46.4 Å². The van der Waals surface area contributed by atoms with Gasteiger partial charge in [0, 0.05) is 41.8 Å². The lowest BCUT2D eigenvalue weighted by molar-refractivity contribution is 0.260. The van der Waals surface area contributed by atoms with E-state index in [1.807, 2.05) is 0 Å². The van der Waals surface area contributed by atoms with Gasteiger partial charge in [-0.3, -0.25) is 0 Å². The number of aromatic nitrogens is 2. The molecular formula is C18H21ClFN5O. The molecule has 26 heavy (non-hydrogen) atoms. The SMILES string of the molecule is CN1CCC[C@@H](Nc2nnc(-c3c(O)cc(Cl)cc3F)c3c2CNC3)C1. The van der Waals surface area contributed by atoms with Crippen LogP contribution in [-0.2, 0) is 13.1 Å². The molecule has 0 saturated carbocycles. The third-order valence-corrected chi connectivity index (χ3v) is 5.24. The van der Waals surface area contributed by atoms with Crippen molar-refractivity contribution in [2.75, 3.05) is 25.5 Å². The molecule has 2 aliphatic heterocycles. The number of piperidine rings is 1. The van der Waals surface area contributed by atoms with Crippen LogP contribution in [0.5, 0.6) is 5.75 Å². The van der Waals surface area contributed by atoms with Gasteiger partial charge in [-0.15, -0.1) is 10.2 Å². The average molecular weight is 378 g/mol. The number of likely N-dealkylation sites (tertiary alicyclic amines) is 1. The zero-order valence-corrected chi connectivity index (χ0v) is 15.3. The Morgan fingerprint density at radius 2 is 2.12 bits per heavy atom. The van der Waals surface area contributed by atoms with E-state index in [1.165, 1.54) is 12.1 Å². The Balaban J connectivity index is 1.71. The molecule has 2 aliphatic rings. The average Bonchev–Trinajstić information content (AvgIpc) is 3.06. The third-order valence-electron chi connectivity index (χ3n) is 5.03. The number of aromatic hydroxyl groups is 1. The molecule has 0 spiro atoms. The number of benzene rings is 1. The number of fused-ring (bicyclic) bond motifs is 1. The van der Waals surface area contributed by atoms with Crippen LogP contribution in [0.4, 0.5) is 10.2 Å². The van der Waals surface area contributed by atoms with Gasteiger partial charge in [0.2, 0.25) is 0 Å². The zero-order valence-electron chi connectivity index (χ0n) is 14.5. The van der Waals surface area contributed by atoms with Crippen LogP contribution < -0.4 is 10.6 Å². The first-order chi connectivity index (χ1) is 12.5. The van der Waals surface area contributed by atoms with Crippen LogP contribution >= 0.6 is 11.6 Å². The quantitative estimate of drug-likeness (QED) is 0.764. The zero-order chi connectivity index (χ0) is 18.3. The van der Waals surface area contributed by atoms with Crippen LogP contribution in [0.25, 0.3) is 11.3 Å². The number of hydrogen-bond donors (Lipinski definition) is 3. The summed E-state index contributed by atoms with van der Waals surface area (Å²) in [7, 11) is 2.11. The van der Waals surface area contributed by atoms with Gasteiger partial charge in [0.1, 0.15) is 17.3 Å².